The molecular weight excluding hydrogens is 881 g/mol. The Morgan fingerprint density at radius 2 is 1.43 bits per heavy atom. The number of likely N-dealkylation sites (tertiary alicyclic amines) is 1. The Hall–Kier alpha value is -6.97. The normalized spacial score (nSPS) is 16.1. The highest BCUT2D eigenvalue weighted by Crippen LogP contribution is 2.48. The molecule has 1 aliphatic carbocycles. The molecule has 1 spiro atoms. The van der Waals surface area contributed by atoms with Crippen molar-refractivity contribution in [3.63, 3.8) is 0 Å². The van der Waals surface area contributed by atoms with Crippen molar-refractivity contribution in [1.82, 2.24) is 25.8 Å². The number of sulfonamides is 1. The van der Waals surface area contributed by atoms with Crippen LogP contribution in [0.4, 0.5) is 10.5 Å². The third-order valence-corrected chi connectivity index (χ3v) is 14.7. The van der Waals surface area contributed by atoms with Crippen molar-refractivity contribution in [2.75, 3.05) is 43.4 Å². The maximum absolute atomic E-state index is 14.5. The predicted octanol–water partition coefficient (Wildman–Crippen LogP) is 6.55. The van der Waals surface area contributed by atoms with Crippen LogP contribution in [0.3, 0.4) is 0 Å². The van der Waals surface area contributed by atoms with E-state index in [9.17, 15) is 27.6 Å². The highest BCUT2D eigenvalue weighted by Gasteiger charge is 2.48. The minimum atomic E-state index is -3.53. The molecular formula is C53H56N6O8S. The van der Waals surface area contributed by atoms with Crippen LogP contribution in [0.5, 0.6) is 0 Å². The number of aromatic amines is 1. The lowest BCUT2D eigenvalue weighted by atomic mass is 9.74. The van der Waals surface area contributed by atoms with Crippen LogP contribution >= 0.6 is 0 Å². The predicted molar refractivity (Wildman–Crippen MR) is 260 cm³/mol. The van der Waals surface area contributed by atoms with E-state index >= 15 is 0 Å². The molecule has 9 rings (SSSR count). The van der Waals surface area contributed by atoms with Crippen LogP contribution in [0.15, 0.2) is 133 Å². The molecule has 2 aliphatic heterocycles. The number of alkyl carbamates (subject to hydrolysis) is 1. The van der Waals surface area contributed by atoms with Gasteiger partial charge in [0.2, 0.25) is 27.7 Å². The molecule has 1 fully saturated rings. The first-order valence-corrected chi connectivity index (χ1v) is 24.8. The first-order valence-electron chi connectivity index (χ1n) is 23.0. The standard InChI is InChI=1S/C53H56N6O8S/c1-52(2,50(62)55-46(33-66-31-35-15-5-4-6-16-35)49(61)58-27-25-53(26-28-58)34-59(68(3,64)65)47-24-14-12-22-43(47)53)57-48(60)45(30-37-29-36-17-7-13-23-44(36)54-37)56-51(63)67-32-42-40-20-10-8-18-38(40)39-19-9-11-21-41(39)42/h4-24,29,42,45-46,54H,25-28,30-34H2,1-3H3,(H,55,62)(H,56,63)(H,57,60)/t45-,46+/m0/s1. The van der Waals surface area contributed by atoms with Crippen molar-refractivity contribution < 1.29 is 37.1 Å². The van der Waals surface area contributed by atoms with E-state index in [0.717, 1.165) is 44.3 Å². The van der Waals surface area contributed by atoms with E-state index in [-0.39, 0.29) is 38.1 Å². The Morgan fingerprint density at radius 3 is 2.12 bits per heavy atom. The van der Waals surface area contributed by atoms with Crippen LogP contribution in [0.1, 0.15) is 60.6 Å². The number of amides is 4. The Bertz CT molecular complexity index is 2890. The zero-order chi connectivity index (χ0) is 47.6. The fourth-order valence-electron chi connectivity index (χ4n) is 9.97. The highest BCUT2D eigenvalue weighted by atomic mass is 32.2. The number of carbonyl (C=O) groups excluding carboxylic acids is 4. The fraction of sp³-hybridized carbons (Fsp3) is 0.321. The number of nitrogens with one attached hydrogen (secondary N) is 4. The minimum absolute atomic E-state index is 0.0423. The van der Waals surface area contributed by atoms with Gasteiger partial charge in [0, 0.05) is 48.6 Å². The summed E-state index contributed by atoms with van der Waals surface area (Å²) in [4.78, 5) is 61.9. The van der Waals surface area contributed by atoms with Crippen LogP contribution in [-0.4, -0.2) is 98.8 Å². The molecule has 4 N–H and O–H groups in total. The van der Waals surface area contributed by atoms with Gasteiger partial charge in [-0.25, -0.2) is 13.2 Å². The summed E-state index contributed by atoms with van der Waals surface area (Å²) in [5.74, 6) is -1.83. The molecule has 0 saturated carbocycles. The molecule has 6 aromatic rings. The second kappa shape index (κ2) is 19.0. The van der Waals surface area contributed by atoms with Gasteiger partial charge in [-0.2, -0.15) is 0 Å². The summed E-state index contributed by atoms with van der Waals surface area (Å²) < 4.78 is 39.0. The van der Waals surface area contributed by atoms with Gasteiger partial charge in [-0.1, -0.05) is 115 Å². The first kappa shape index (κ1) is 46.2. The van der Waals surface area contributed by atoms with Crippen LogP contribution < -0.4 is 20.3 Å². The van der Waals surface area contributed by atoms with E-state index in [2.05, 4.69) is 33.1 Å². The lowest BCUT2D eigenvalue weighted by molar-refractivity contribution is -0.141. The SMILES string of the molecule is CC(C)(NC(=O)[C@H](Cc1cc2ccccc2[nH]1)NC(=O)OCC1c2ccccc2-c2ccccc21)C(=O)N[C@H](COCc1ccccc1)C(=O)N1CCC2(CC1)CN(S(C)(=O)=O)c1ccccc12. The van der Waals surface area contributed by atoms with Gasteiger partial charge in [0.15, 0.2) is 0 Å². The number of hydrogen-bond donors (Lipinski definition) is 4. The van der Waals surface area contributed by atoms with Crippen LogP contribution in [0.2, 0.25) is 0 Å². The largest absolute Gasteiger partial charge is 0.449 e. The van der Waals surface area contributed by atoms with Crippen molar-refractivity contribution in [3.05, 3.63) is 161 Å². The zero-order valence-corrected chi connectivity index (χ0v) is 39.2. The van der Waals surface area contributed by atoms with Gasteiger partial charge in [0.1, 0.15) is 24.2 Å². The number of ether oxygens (including phenoxy) is 2. The van der Waals surface area contributed by atoms with Crippen molar-refractivity contribution >= 4 is 50.4 Å². The zero-order valence-electron chi connectivity index (χ0n) is 38.4. The molecule has 1 saturated heterocycles. The fourth-order valence-corrected chi connectivity index (χ4v) is 11.0. The molecule has 3 heterocycles. The van der Waals surface area contributed by atoms with Gasteiger partial charge < -0.3 is 35.3 Å². The third kappa shape index (κ3) is 9.58. The smallest absolute Gasteiger partial charge is 0.407 e. The Kier molecular flexibility index (Phi) is 12.9. The molecule has 4 amide bonds. The van der Waals surface area contributed by atoms with Crippen molar-refractivity contribution in [3.8, 4) is 11.1 Å². The lowest BCUT2D eigenvalue weighted by Crippen LogP contribution is -2.63. The molecule has 15 heteroatoms. The molecule has 0 radical (unpaired) electrons. The topological polar surface area (TPSA) is 179 Å². The molecule has 352 valence electrons. The average molecular weight is 937 g/mol. The summed E-state index contributed by atoms with van der Waals surface area (Å²) >= 11 is 0. The summed E-state index contributed by atoms with van der Waals surface area (Å²) in [6.07, 6.45) is 1.51. The number of para-hydroxylation sites is 2. The number of anilines is 1. The number of aromatic nitrogens is 1. The number of benzene rings is 5. The Morgan fingerprint density at radius 1 is 0.794 bits per heavy atom. The van der Waals surface area contributed by atoms with Gasteiger partial charge in [0.25, 0.3) is 0 Å². The molecule has 68 heavy (non-hydrogen) atoms. The van der Waals surface area contributed by atoms with E-state index in [1.165, 1.54) is 24.4 Å². The minimum Gasteiger partial charge on any atom is -0.449 e. The van der Waals surface area contributed by atoms with Crippen LogP contribution in [0.25, 0.3) is 22.0 Å². The number of rotatable bonds is 15. The highest BCUT2D eigenvalue weighted by molar-refractivity contribution is 7.92. The van der Waals surface area contributed by atoms with E-state index in [1.54, 1.807) is 4.90 Å². The van der Waals surface area contributed by atoms with Crippen LogP contribution in [0, 0.1) is 0 Å². The maximum atomic E-state index is 14.5. The molecule has 3 aliphatic rings. The lowest BCUT2D eigenvalue weighted by Gasteiger charge is -2.41. The quantitative estimate of drug-likeness (QED) is 0.0895. The van der Waals surface area contributed by atoms with Crippen LogP contribution in [-0.2, 0) is 52.3 Å². The van der Waals surface area contributed by atoms with Gasteiger partial charge >= 0.3 is 6.09 Å². The number of piperidine rings is 1. The number of carbonyl (C=O) groups is 4. The number of hydrogen-bond acceptors (Lipinski definition) is 8. The second-order valence-electron chi connectivity index (χ2n) is 18.6. The summed E-state index contributed by atoms with van der Waals surface area (Å²) in [6, 6.07) is 40.3. The van der Waals surface area contributed by atoms with Gasteiger partial charge in [0.05, 0.1) is 25.2 Å². The van der Waals surface area contributed by atoms with E-state index in [4.69, 9.17) is 9.47 Å². The van der Waals surface area contributed by atoms with E-state index in [0.29, 0.717) is 43.9 Å². The van der Waals surface area contributed by atoms with Gasteiger partial charge in [-0.05, 0) is 83.7 Å². The molecule has 0 bridgehead atoms. The maximum Gasteiger partial charge on any atom is 0.407 e. The van der Waals surface area contributed by atoms with Gasteiger partial charge in [-0.3, -0.25) is 18.7 Å². The summed E-state index contributed by atoms with van der Waals surface area (Å²) in [5, 5.41) is 9.45. The molecule has 5 aromatic carbocycles. The molecule has 1 aromatic heterocycles. The Balaban J connectivity index is 0.895. The number of H-pyrrole nitrogens is 1. The Labute approximate surface area is 396 Å². The molecule has 2 atom stereocenters. The monoisotopic (exact) mass is 936 g/mol. The summed E-state index contributed by atoms with van der Waals surface area (Å²) in [7, 11) is -3.53. The second-order valence-corrected chi connectivity index (χ2v) is 20.5. The first-order chi connectivity index (χ1) is 32.7. The van der Waals surface area contributed by atoms with E-state index in [1.807, 2.05) is 121 Å². The number of nitrogens with zero attached hydrogens (tertiary/aromatic N) is 2. The van der Waals surface area contributed by atoms with Crippen molar-refractivity contribution in [1.29, 1.82) is 0 Å². The van der Waals surface area contributed by atoms with Crippen molar-refractivity contribution in [2.45, 2.75) is 68.7 Å². The summed E-state index contributed by atoms with van der Waals surface area (Å²) in [5.41, 5.74) is 6.26. The summed E-state index contributed by atoms with van der Waals surface area (Å²) in [6.45, 7) is 4.10. The average Bonchev–Trinajstić information content (AvgIpc) is 4.00. The molecule has 14 nitrogen and oxygen atoms in total. The number of fused-ring (bicyclic) bond motifs is 6. The third-order valence-electron chi connectivity index (χ3n) is 13.6. The van der Waals surface area contributed by atoms with Crippen molar-refractivity contribution in [2.24, 2.45) is 0 Å². The van der Waals surface area contributed by atoms with E-state index < -0.39 is 51.0 Å². The van der Waals surface area contributed by atoms with Gasteiger partial charge in [-0.15, -0.1) is 0 Å². The molecule has 0 unspecified atom stereocenters.